The fourth-order valence-corrected chi connectivity index (χ4v) is 2.36. The van der Waals surface area contributed by atoms with Gasteiger partial charge in [0.25, 0.3) is 0 Å². The summed E-state index contributed by atoms with van der Waals surface area (Å²) in [4.78, 5) is 7.70. The number of hydrogen-bond donors (Lipinski definition) is 3. The van der Waals surface area contributed by atoms with Crippen molar-refractivity contribution in [2.24, 2.45) is 5.73 Å². The van der Waals surface area contributed by atoms with E-state index in [1.807, 2.05) is 6.92 Å². The molecule has 0 amide bonds. The van der Waals surface area contributed by atoms with E-state index in [0.29, 0.717) is 5.92 Å². The molecule has 1 saturated carbocycles. The molecule has 1 aromatic heterocycles. The molecule has 2 rings (SSSR count). The summed E-state index contributed by atoms with van der Waals surface area (Å²) in [5, 5.41) is 8.97. The zero-order chi connectivity index (χ0) is 10.8. The summed E-state index contributed by atoms with van der Waals surface area (Å²) in [5.74, 6) is 1.32. The van der Waals surface area contributed by atoms with Crippen molar-refractivity contribution in [2.45, 2.75) is 44.6 Å². The Bertz CT molecular complexity index is 329. The van der Waals surface area contributed by atoms with Gasteiger partial charge < -0.3 is 15.8 Å². The fourth-order valence-electron chi connectivity index (χ4n) is 2.36. The molecule has 84 valence electrons. The van der Waals surface area contributed by atoms with Gasteiger partial charge in [0.15, 0.2) is 0 Å². The molecule has 1 fully saturated rings. The lowest BCUT2D eigenvalue weighted by Crippen LogP contribution is -2.16. The minimum Gasteiger partial charge on any atom is -0.394 e. The quantitative estimate of drug-likeness (QED) is 0.703. The van der Waals surface area contributed by atoms with Crippen LogP contribution in [0.1, 0.15) is 54.9 Å². The van der Waals surface area contributed by atoms with E-state index in [1.165, 1.54) is 25.7 Å². The molecule has 0 radical (unpaired) electrons. The number of aliphatic hydroxyl groups is 1. The number of rotatable bonds is 3. The highest BCUT2D eigenvalue weighted by Crippen LogP contribution is 2.34. The third kappa shape index (κ3) is 2.06. The monoisotopic (exact) mass is 209 g/mol. The summed E-state index contributed by atoms with van der Waals surface area (Å²) in [6, 6.07) is -0.376. The largest absolute Gasteiger partial charge is 0.394 e. The standard InChI is InChI=1S/C11H19N3O/c1-7-10(8-4-2-3-5-8)14-11(13-7)9(12)6-15/h8-9,15H,2-6,12H2,1H3,(H,13,14). The van der Waals surface area contributed by atoms with Gasteiger partial charge in [0.05, 0.1) is 18.3 Å². The third-order valence-electron chi connectivity index (χ3n) is 3.23. The van der Waals surface area contributed by atoms with Gasteiger partial charge in [-0.05, 0) is 19.8 Å². The number of nitrogens with one attached hydrogen (secondary N) is 1. The number of aryl methyl sites for hydroxylation is 1. The van der Waals surface area contributed by atoms with Crippen molar-refractivity contribution in [1.82, 2.24) is 9.97 Å². The summed E-state index contributed by atoms with van der Waals surface area (Å²) in [6.07, 6.45) is 5.08. The van der Waals surface area contributed by atoms with Crippen molar-refractivity contribution in [1.29, 1.82) is 0 Å². The van der Waals surface area contributed by atoms with Crippen molar-refractivity contribution in [2.75, 3.05) is 6.61 Å². The Morgan fingerprint density at radius 2 is 2.20 bits per heavy atom. The molecule has 1 unspecified atom stereocenters. The van der Waals surface area contributed by atoms with Crippen LogP contribution in [0, 0.1) is 6.92 Å². The molecule has 4 N–H and O–H groups in total. The van der Waals surface area contributed by atoms with Gasteiger partial charge in [0, 0.05) is 11.6 Å². The van der Waals surface area contributed by atoms with Gasteiger partial charge in [-0.15, -0.1) is 0 Å². The average molecular weight is 209 g/mol. The molecule has 1 atom stereocenters. The van der Waals surface area contributed by atoms with Crippen LogP contribution in [0.3, 0.4) is 0 Å². The molecule has 4 nitrogen and oxygen atoms in total. The molecule has 1 aliphatic carbocycles. The zero-order valence-electron chi connectivity index (χ0n) is 9.16. The Morgan fingerprint density at radius 3 is 2.80 bits per heavy atom. The van der Waals surface area contributed by atoms with Gasteiger partial charge in [0.2, 0.25) is 0 Å². The maximum absolute atomic E-state index is 8.97. The van der Waals surface area contributed by atoms with E-state index in [1.54, 1.807) is 0 Å². The van der Waals surface area contributed by atoms with Crippen LogP contribution in [-0.2, 0) is 0 Å². The molecule has 0 aromatic carbocycles. The molecule has 0 bridgehead atoms. The van der Waals surface area contributed by atoms with Crippen LogP contribution in [0.15, 0.2) is 0 Å². The number of aliphatic hydroxyl groups excluding tert-OH is 1. The number of aromatic nitrogens is 2. The van der Waals surface area contributed by atoms with Crippen molar-refractivity contribution in [3.05, 3.63) is 17.2 Å². The number of H-pyrrole nitrogens is 1. The zero-order valence-corrected chi connectivity index (χ0v) is 9.16. The summed E-state index contributed by atoms with van der Waals surface area (Å²) >= 11 is 0. The predicted molar refractivity (Wildman–Crippen MR) is 58.5 cm³/mol. The van der Waals surface area contributed by atoms with E-state index in [0.717, 1.165) is 17.2 Å². The van der Waals surface area contributed by atoms with Gasteiger partial charge in [0.1, 0.15) is 5.82 Å². The van der Waals surface area contributed by atoms with E-state index in [2.05, 4.69) is 9.97 Å². The highest BCUT2D eigenvalue weighted by molar-refractivity contribution is 5.20. The lowest BCUT2D eigenvalue weighted by Gasteiger charge is -2.06. The molecule has 0 spiro atoms. The molecular formula is C11H19N3O. The van der Waals surface area contributed by atoms with Crippen molar-refractivity contribution < 1.29 is 5.11 Å². The Balaban J connectivity index is 2.20. The van der Waals surface area contributed by atoms with Crippen LogP contribution in [0.5, 0.6) is 0 Å². The van der Waals surface area contributed by atoms with Crippen molar-refractivity contribution in [3.63, 3.8) is 0 Å². The van der Waals surface area contributed by atoms with Crippen LogP contribution in [-0.4, -0.2) is 21.7 Å². The second-order valence-electron chi connectivity index (χ2n) is 4.40. The minimum atomic E-state index is -0.376. The molecule has 1 aromatic rings. The lowest BCUT2D eigenvalue weighted by molar-refractivity contribution is 0.264. The third-order valence-corrected chi connectivity index (χ3v) is 3.23. The van der Waals surface area contributed by atoms with E-state index < -0.39 is 0 Å². The average Bonchev–Trinajstić information content (AvgIpc) is 2.84. The second kappa shape index (κ2) is 4.33. The van der Waals surface area contributed by atoms with E-state index in [9.17, 15) is 0 Å². The van der Waals surface area contributed by atoms with E-state index in [-0.39, 0.29) is 12.6 Å². The number of nitrogens with zero attached hydrogens (tertiary/aromatic N) is 1. The van der Waals surface area contributed by atoms with Gasteiger partial charge in [-0.2, -0.15) is 0 Å². The van der Waals surface area contributed by atoms with Crippen LogP contribution in [0.2, 0.25) is 0 Å². The Morgan fingerprint density at radius 1 is 1.53 bits per heavy atom. The van der Waals surface area contributed by atoms with Crippen LogP contribution < -0.4 is 5.73 Å². The van der Waals surface area contributed by atoms with Gasteiger partial charge >= 0.3 is 0 Å². The molecule has 4 heteroatoms. The highest BCUT2D eigenvalue weighted by atomic mass is 16.3. The maximum atomic E-state index is 8.97. The van der Waals surface area contributed by atoms with Crippen LogP contribution in [0.4, 0.5) is 0 Å². The fraction of sp³-hybridized carbons (Fsp3) is 0.727. The molecule has 1 heterocycles. The van der Waals surface area contributed by atoms with Gasteiger partial charge in [-0.25, -0.2) is 4.98 Å². The first-order chi connectivity index (χ1) is 7.22. The second-order valence-corrected chi connectivity index (χ2v) is 4.40. The predicted octanol–water partition coefficient (Wildman–Crippen LogP) is 1.37. The number of aromatic amines is 1. The number of nitrogens with two attached hydrogens (primary N) is 1. The summed E-state index contributed by atoms with van der Waals surface area (Å²) < 4.78 is 0. The van der Waals surface area contributed by atoms with Gasteiger partial charge in [-0.1, -0.05) is 12.8 Å². The SMILES string of the molecule is Cc1[nH]c(C(N)CO)nc1C1CCCC1. The first-order valence-corrected chi connectivity index (χ1v) is 5.65. The normalized spacial score (nSPS) is 19.7. The lowest BCUT2D eigenvalue weighted by atomic mass is 10.0. The smallest absolute Gasteiger partial charge is 0.125 e. The molecule has 15 heavy (non-hydrogen) atoms. The summed E-state index contributed by atoms with van der Waals surface area (Å²) in [5.41, 5.74) is 8.00. The first kappa shape index (κ1) is 10.6. The van der Waals surface area contributed by atoms with Crippen molar-refractivity contribution >= 4 is 0 Å². The molecular weight excluding hydrogens is 190 g/mol. The van der Waals surface area contributed by atoms with Gasteiger partial charge in [-0.3, -0.25) is 0 Å². The van der Waals surface area contributed by atoms with Crippen molar-refractivity contribution in [3.8, 4) is 0 Å². The molecule has 0 aliphatic heterocycles. The first-order valence-electron chi connectivity index (χ1n) is 5.65. The highest BCUT2D eigenvalue weighted by Gasteiger charge is 2.23. The Kier molecular flexibility index (Phi) is 3.07. The van der Waals surface area contributed by atoms with E-state index in [4.69, 9.17) is 10.8 Å². The minimum absolute atomic E-state index is 0.0585. The molecule has 0 saturated heterocycles. The Hall–Kier alpha value is -0.870. The number of imidazole rings is 1. The Labute approximate surface area is 89.9 Å². The molecule has 1 aliphatic rings. The van der Waals surface area contributed by atoms with E-state index >= 15 is 0 Å². The topological polar surface area (TPSA) is 74.9 Å². The summed E-state index contributed by atoms with van der Waals surface area (Å²) in [7, 11) is 0. The van der Waals surface area contributed by atoms with Crippen LogP contribution in [0.25, 0.3) is 0 Å². The maximum Gasteiger partial charge on any atom is 0.125 e. The van der Waals surface area contributed by atoms with Crippen LogP contribution >= 0.6 is 0 Å². The summed E-state index contributed by atoms with van der Waals surface area (Å²) in [6.45, 7) is 1.98. The number of hydrogen-bond acceptors (Lipinski definition) is 3.